The molecule has 2 aliphatic rings. The summed E-state index contributed by atoms with van der Waals surface area (Å²) in [6, 6.07) is 22.4. The summed E-state index contributed by atoms with van der Waals surface area (Å²) >= 11 is 8.20. The molecule has 0 unspecified atom stereocenters. The van der Waals surface area contributed by atoms with Gasteiger partial charge in [0.15, 0.2) is 0 Å². The largest absolute Gasteiger partial charge is 0.353 e. The number of rotatable bonds is 5. The Morgan fingerprint density at radius 3 is 2.60 bits per heavy atom. The number of aromatic nitrogens is 1. The zero-order valence-electron chi connectivity index (χ0n) is 19.2. The zero-order valence-corrected chi connectivity index (χ0v) is 20.8. The highest BCUT2D eigenvalue weighted by Crippen LogP contribution is 2.37. The number of nitrogens with zero attached hydrogens (tertiary/aromatic N) is 3. The monoisotopic (exact) mass is 500 g/mol. The van der Waals surface area contributed by atoms with Gasteiger partial charge in [0.1, 0.15) is 5.82 Å². The topological polar surface area (TPSA) is 48.5 Å². The van der Waals surface area contributed by atoms with E-state index in [1.54, 1.807) is 11.5 Å². The van der Waals surface area contributed by atoms with Crippen molar-refractivity contribution in [2.75, 3.05) is 42.9 Å². The molecule has 1 fully saturated rings. The predicted octanol–water partition coefficient (Wildman–Crippen LogP) is 5.81. The molecule has 1 aromatic heterocycles. The van der Waals surface area contributed by atoms with E-state index in [2.05, 4.69) is 45.4 Å². The summed E-state index contributed by atoms with van der Waals surface area (Å²) in [6.45, 7) is 4.85. The summed E-state index contributed by atoms with van der Waals surface area (Å²) in [7, 11) is 0. The number of amides is 1. The summed E-state index contributed by atoms with van der Waals surface area (Å²) in [5.74, 6) is 1.03. The first-order chi connectivity index (χ1) is 17.2. The molecule has 1 saturated heterocycles. The quantitative estimate of drug-likeness (QED) is 0.351. The fourth-order valence-electron chi connectivity index (χ4n) is 4.87. The first-order valence-electron chi connectivity index (χ1n) is 11.9. The van der Waals surface area contributed by atoms with Gasteiger partial charge in [0.25, 0.3) is 5.91 Å². The third kappa shape index (κ3) is 4.45. The molecule has 0 spiro atoms. The van der Waals surface area contributed by atoms with Gasteiger partial charge in [-0.05, 0) is 59.4 Å². The number of hydrogen-bond acceptors (Lipinski definition) is 5. The van der Waals surface area contributed by atoms with Crippen LogP contribution in [0.15, 0.2) is 66.7 Å². The average Bonchev–Trinajstić information content (AvgIpc) is 3.44. The lowest BCUT2D eigenvalue weighted by atomic mass is 10.00. The van der Waals surface area contributed by atoms with Crippen molar-refractivity contribution >= 4 is 62.3 Å². The van der Waals surface area contributed by atoms with Gasteiger partial charge in [0, 0.05) is 54.3 Å². The Morgan fingerprint density at radius 1 is 1.00 bits per heavy atom. The molecule has 7 heteroatoms. The minimum Gasteiger partial charge on any atom is -0.353 e. The van der Waals surface area contributed by atoms with Crippen LogP contribution >= 0.6 is 23.1 Å². The van der Waals surface area contributed by atoms with Crippen LogP contribution in [0.2, 0.25) is 5.02 Å². The van der Waals surface area contributed by atoms with Gasteiger partial charge in [0.2, 0.25) is 0 Å². The molecule has 35 heavy (non-hydrogen) atoms. The van der Waals surface area contributed by atoms with Gasteiger partial charge in [-0.15, -0.1) is 0 Å². The number of fused-ring (bicyclic) bond motifs is 2. The zero-order chi connectivity index (χ0) is 23.8. The molecule has 1 amide bonds. The molecule has 4 aromatic rings. The highest BCUT2D eigenvalue weighted by Gasteiger charge is 2.26. The van der Waals surface area contributed by atoms with Crippen LogP contribution in [-0.4, -0.2) is 47.9 Å². The molecule has 0 atom stereocenters. The second-order valence-corrected chi connectivity index (χ2v) is 10.2. The van der Waals surface area contributed by atoms with Crippen molar-refractivity contribution < 1.29 is 4.79 Å². The summed E-state index contributed by atoms with van der Waals surface area (Å²) in [4.78, 5) is 17.5. The fourth-order valence-corrected chi connectivity index (χ4v) is 5.92. The molecule has 6 rings (SSSR count). The van der Waals surface area contributed by atoms with Crippen LogP contribution in [0.5, 0.6) is 0 Å². The molecular formula is C28H25ClN4OS. The molecule has 0 saturated carbocycles. The molecule has 0 aliphatic carbocycles. The van der Waals surface area contributed by atoms with Crippen LogP contribution in [0.25, 0.3) is 21.7 Å². The van der Waals surface area contributed by atoms with E-state index in [-0.39, 0.29) is 5.91 Å². The molecule has 0 bridgehead atoms. The number of nitrogens with one attached hydrogen (secondary N) is 1. The summed E-state index contributed by atoms with van der Waals surface area (Å²) < 4.78 is 5.96. The van der Waals surface area contributed by atoms with E-state index in [9.17, 15) is 4.79 Å². The fraction of sp³-hybridized carbons (Fsp3) is 0.214. The third-order valence-electron chi connectivity index (χ3n) is 6.81. The van der Waals surface area contributed by atoms with Crippen LogP contribution in [0.1, 0.15) is 16.7 Å². The molecule has 2 aliphatic heterocycles. The van der Waals surface area contributed by atoms with Crippen molar-refractivity contribution in [1.82, 2.24) is 9.27 Å². The SMILES string of the molecule is O=C1Nc2cc(Cl)c(CCN3CCN(c4nsc5ccccc45)CC3)cc2/C1=C/c1ccccc1. The minimum atomic E-state index is -0.0808. The summed E-state index contributed by atoms with van der Waals surface area (Å²) in [5, 5.41) is 4.91. The van der Waals surface area contributed by atoms with E-state index in [0.29, 0.717) is 10.6 Å². The van der Waals surface area contributed by atoms with E-state index in [4.69, 9.17) is 16.0 Å². The Bertz CT molecular complexity index is 1420. The lowest BCUT2D eigenvalue weighted by molar-refractivity contribution is -0.110. The molecule has 176 valence electrons. The number of carbonyl (C=O) groups excluding carboxylic acids is 1. The maximum absolute atomic E-state index is 12.6. The minimum absolute atomic E-state index is 0.0808. The van der Waals surface area contributed by atoms with E-state index in [0.717, 1.165) is 67.3 Å². The van der Waals surface area contributed by atoms with Crippen LogP contribution in [0.4, 0.5) is 11.5 Å². The Morgan fingerprint density at radius 2 is 1.77 bits per heavy atom. The Kier molecular flexibility index (Phi) is 6.02. The Labute approximate surface area is 213 Å². The molecule has 3 aromatic carbocycles. The van der Waals surface area contributed by atoms with Gasteiger partial charge in [-0.3, -0.25) is 9.69 Å². The summed E-state index contributed by atoms with van der Waals surface area (Å²) in [5.41, 5.74) is 4.49. The lowest BCUT2D eigenvalue weighted by Crippen LogP contribution is -2.47. The molecular weight excluding hydrogens is 476 g/mol. The second-order valence-electron chi connectivity index (χ2n) is 8.99. The second kappa shape index (κ2) is 9.46. The number of hydrogen-bond donors (Lipinski definition) is 1. The van der Waals surface area contributed by atoms with Gasteiger partial charge >= 0.3 is 0 Å². The molecule has 3 heterocycles. The van der Waals surface area contributed by atoms with Crippen molar-refractivity contribution in [1.29, 1.82) is 0 Å². The Hall–Kier alpha value is -3.19. The van der Waals surface area contributed by atoms with Crippen molar-refractivity contribution in [3.63, 3.8) is 0 Å². The summed E-state index contributed by atoms with van der Waals surface area (Å²) in [6.07, 6.45) is 2.79. The first-order valence-corrected chi connectivity index (χ1v) is 13.0. The standard InChI is InChI=1S/C28H25ClN4OS/c29-24-18-25-22(23(28(34)30-25)16-19-6-2-1-3-7-19)17-20(24)10-11-32-12-14-33(15-13-32)27-21-8-4-5-9-26(21)35-31-27/h1-9,16-18H,10-15H2,(H,30,34)/b23-16-. The number of carbonyl (C=O) groups is 1. The van der Waals surface area contributed by atoms with Crippen molar-refractivity contribution in [2.45, 2.75) is 6.42 Å². The Balaban J connectivity index is 1.13. The molecule has 0 radical (unpaired) electrons. The van der Waals surface area contributed by atoms with Crippen molar-refractivity contribution in [3.8, 4) is 0 Å². The molecule has 1 N–H and O–H groups in total. The van der Waals surface area contributed by atoms with Gasteiger partial charge in [-0.25, -0.2) is 0 Å². The highest BCUT2D eigenvalue weighted by atomic mass is 35.5. The van der Waals surface area contributed by atoms with E-state index < -0.39 is 0 Å². The predicted molar refractivity (Wildman–Crippen MR) is 146 cm³/mol. The maximum Gasteiger partial charge on any atom is 0.256 e. The van der Waals surface area contributed by atoms with Gasteiger partial charge in [0.05, 0.1) is 10.4 Å². The smallest absolute Gasteiger partial charge is 0.256 e. The van der Waals surface area contributed by atoms with Gasteiger partial charge in [-0.1, -0.05) is 54.1 Å². The van der Waals surface area contributed by atoms with Crippen molar-refractivity contribution in [2.24, 2.45) is 0 Å². The van der Waals surface area contributed by atoms with Gasteiger partial charge in [-0.2, -0.15) is 4.37 Å². The maximum atomic E-state index is 12.6. The van der Waals surface area contributed by atoms with E-state index in [1.807, 2.05) is 42.5 Å². The number of piperazine rings is 1. The van der Waals surface area contributed by atoms with Crippen molar-refractivity contribution in [3.05, 3.63) is 88.4 Å². The number of halogens is 1. The first kappa shape index (κ1) is 22.3. The van der Waals surface area contributed by atoms with Crippen LogP contribution in [-0.2, 0) is 11.2 Å². The highest BCUT2D eigenvalue weighted by molar-refractivity contribution is 7.13. The van der Waals surface area contributed by atoms with Crippen LogP contribution in [0, 0.1) is 0 Å². The van der Waals surface area contributed by atoms with Crippen LogP contribution in [0.3, 0.4) is 0 Å². The van der Waals surface area contributed by atoms with E-state index in [1.165, 1.54) is 10.1 Å². The lowest BCUT2D eigenvalue weighted by Gasteiger charge is -2.35. The normalized spacial score (nSPS) is 17.2. The third-order valence-corrected chi connectivity index (χ3v) is 7.98. The number of anilines is 2. The van der Waals surface area contributed by atoms with E-state index >= 15 is 0 Å². The van der Waals surface area contributed by atoms with Gasteiger partial charge < -0.3 is 10.2 Å². The number of benzene rings is 3. The van der Waals surface area contributed by atoms with Crippen LogP contribution < -0.4 is 10.2 Å². The molecule has 5 nitrogen and oxygen atoms in total. The average molecular weight is 501 g/mol.